The van der Waals surface area contributed by atoms with Crippen molar-refractivity contribution in [2.45, 2.75) is 38.6 Å². The molecule has 1 heterocycles. The summed E-state index contributed by atoms with van der Waals surface area (Å²) >= 11 is 0. The Morgan fingerprint density at radius 2 is 2.38 bits per heavy atom. The summed E-state index contributed by atoms with van der Waals surface area (Å²) in [6, 6.07) is 0.437. The van der Waals surface area contributed by atoms with E-state index in [1.54, 1.807) is 0 Å². The molecular formula is C10H19NO2. The molecule has 0 radical (unpaired) electrons. The van der Waals surface area contributed by atoms with Gasteiger partial charge in [0.2, 0.25) is 0 Å². The molecule has 1 fully saturated rings. The van der Waals surface area contributed by atoms with Gasteiger partial charge in [-0.15, -0.1) is 0 Å². The van der Waals surface area contributed by atoms with Crippen molar-refractivity contribution in [3.63, 3.8) is 0 Å². The molecule has 13 heavy (non-hydrogen) atoms. The van der Waals surface area contributed by atoms with Gasteiger partial charge < -0.3 is 4.74 Å². The fourth-order valence-corrected chi connectivity index (χ4v) is 1.98. The van der Waals surface area contributed by atoms with E-state index in [4.69, 9.17) is 0 Å². The molecule has 0 aromatic carbocycles. The second-order valence-electron chi connectivity index (χ2n) is 3.61. The highest BCUT2D eigenvalue weighted by molar-refractivity contribution is 5.69. The van der Waals surface area contributed by atoms with Crippen LogP contribution < -0.4 is 0 Å². The first-order valence-corrected chi connectivity index (χ1v) is 5.08. The molecule has 1 rings (SSSR count). The Kier molecular flexibility index (Phi) is 4.22. The van der Waals surface area contributed by atoms with Crippen molar-refractivity contribution in [2.24, 2.45) is 0 Å². The fraction of sp³-hybridized carbons (Fsp3) is 0.900. The van der Waals surface area contributed by atoms with Gasteiger partial charge in [-0.1, -0.05) is 6.92 Å². The summed E-state index contributed by atoms with van der Waals surface area (Å²) in [7, 11) is 1.46. The van der Waals surface area contributed by atoms with Crippen LogP contribution in [0.1, 0.15) is 32.6 Å². The smallest absolute Gasteiger partial charge is 0.307 e. The van der Waals surface area contributed by atoms with E-state index in [0.717, 1.165) is 25.9 Å². The van der Waals surface area contributed by atoms with Crippen molar-refractivity contribution < 1.29 is 9.53 Å². The minimum atomic E-state index is -0.0759. The molecule has 3 heteroatoms. The Morgan fingerprint density at radius 3 is 3.00 bits per heavy atom. The van der Waals surface area contributed by atoms with Crippen LogP contribution in [-0.2, 0) is 9.53 Å². The van der Waals surface area contributed by atoms with Gasteiger partial charge in [0.15, 0.2) is 0 Å². The lowest BCUT2D eigenvalue weighted by Gasteiger charge is -2.22. The zero-order valence-corrected chi connectivity index (χ0v) is 8.58. The molecule has 1 aliphatic heterocycles. The molecule has 76 valence electrons. The molecular weight excluding hydrogens is 166 g/mol. The molecule has 0 N–H and O–H groups in total. The maximum absolute atomic E-state index is 11.1. The van der Waals surface area contributed by atoms with Crippen molar-refractivity contribution >= 4 is 5.97 Å². The van der Waals surface area contributed by atoms with Crippen LogP contribution in [-0.4, -0.2) is 37.1 Å². The molecule has 1 atom stereocenters. The van der Waals surface area contributed by atoms with Gasteiger partial charge in [0.25, 0.3) is 0 Å². The average Bonchev–Trinajstić information content (AvgIpc) is 2.54. The summed E-state index contributed by atoms with van der Waals surface area (Å²) in [4.78, 5) is 13.5. The molecule has 0 unspecified atom stereocenters. The molecule has 1 aliphatic rings. The largest absolute Gasteiger partial charge is 0.469 e. The third-order valence-electron chi connectivity index (χ3n) is 2.64. The number of nitrogens with zero attached hydrogens (tertiary/aromatic N) is 1. The van der Waals surface area contributed by atoms with Crippen molar-refractivity contribution in [3.05, 3.63) is 0 Å². The zero-order valence-electron chi connectivity index (χ0n) is 8.58. The van der Waals surface area contributed by atoms with E-state index in [2.05, 4.69) is 16.6 Å². The van der Waals surface area contributed by atoms with Crippen molar-refractivity contribution in [2.75, 3.05) is 20.2 Å². The topological polar surface area (TPSA) is 29.5 Å². The third kappa shape index (κ3) is 2.99. The highest BCUT2D eigenvalue weighted by Gasteiger charge is 2.25. The van der Waals surface area contributed by atoms with Gasteiger partial charge in [-0.25, -0.2) is 0 Å². The van der Waals surface area contributed by atoms with Crippen LogP contribution in [0, 0.1) is 0 Å². The average molecular weight is 185 g/mol. The van der Waals surface area contributed by atoms with E-state index in [-0.39, 0.29) is 5.97 Å². The van der Waals surface area contributed by atoms with Crippen LogP contribution in [0.3, 0.4) is 0 Å². The summed E-state index contributed by atoms with van der Waals surface area (Å²) < 4.78 is 4.67. The first-order chi connectivity index (χ1) is 6.27. The van der Waals surface area contributed by atoms with Gasteiger partial charge in [0.05, 0.1) is 13.5 Å². The minimum Gasteiger partial charge on any atom is -0.469 e. The third-order valence-corrected chi connectivity index (χ3v) is 2.64. The lowest BCUT2D eigenvalue weighted by atomic mass is 10.1. The van der Waals surface area contributed by atoms with Gasteiger partial charge in [-0.3, -0.25) is 9.69 Å². The van der Waals surface area contributed by atoms with E-state index < -0.39 is 0 Å². The summed E-state index contributed by atoms with van der Waals surface area (Å²) in [6.07, 6.45) is 4.10. The molecule has 0 amide bonds. The number of ether oxygens (including phenoxy) is 1. The van der Waals surface area contributed by atoms with Crippen LogP contribution in [0.25, 0.3) is 0 Å². The van der Waals surface area contributed by atoms with Gasteiger partial charge in [-0.05, 0) is 32.4 Å². The number of carbonyl (C=O) groups excluding carboxylic acids is 1. The van der Waals surface area contributed by atoms with Crippen LogP contribution >= 0.6 is 0 Å². The molecule has 3 nitrogen and oxygen atoms in total. The molecule has 0 aliphatic carbocycles. The zero-order chi connectivity index (χ0) is 9.68. The first-order valence-electron chi connectivity index (χ1n) is 5.08. The Labute approximate surface area is 80.1 Å². The molecule has 0 saturated carbocycles. The lowest BCUT2D eigenvalue weighted by molar-refractivity contribution is -0.141. The summed E-state index contributed by atoms with van der Waals surface area (Å²) in [5.41, 5.74) is 0. The number of hydrogen-bond donors (Lipinski definition) is 0. The van der Waals surface area contributed by atoms with Crippen molar-refractivity contribution in [1.82, 2.24) is 4.90 Å². The predicted octanol–water partition coefficient (Wildman–Crippen LogP) is 1.42. The SMILES string of the molecule is CCCN1CCC[C@H]1CC(=O)OC. The van der Waals surface area contributed by atoms with Crippen LogP contribution in [0.15, 0.2) is 0 Å². The normalized spacial score (nSPS) is 23.4. The van der Waals surface area contributed by atoms with Crippen molar-refractivity contribution in [1.29, 1.82) is 0 Å². The standard InChI is InChI=1S/C10H19NO2/c1-3-6-11-7-4-5-9(11)8-10(12)13-2/h9H,3-8H2,1-2H3/t9-/m0/s1. The number of methoxy groups -OCH3 is 1. The second-order valence-corrected chi connectivity index (χ2v) is 3.61. The Hall–Kier alpha value is -0.570. The molecule has 1 saturated heterocycles. The Balaban J connectivity index is 2.34. The quantitative estimate of drug-likeness (QED) is 0.620. The highest BCUT2D eigenvalue weighted by atomic mass is 16.5. The Morgan fingerprint density at radius 1 is 1.62 bits per heavy atom. The van der Waals surface area contributed by atoms with E-state index in [1.165, 1.54) is 13.5 Å². The number of hydrogen-bond acceptors (Lipinski definition) is 3. The molecule has 0 bridgehead atoms. The minimum absolute atomic E-state index is 0.0759. The summed E-state index contributed by atoms with van der Waals surface area (Å²) in [5.74, 6) is -0.0759. The van der Waals surface area contributed by atoms with Crippen LogP contribution in [0.4, 0.5) is 0 Å². The monoisotopic (exact) mass is 185 g/mol. The molecule has 0 aromatic heterocycles. The van der Waals surface area contributed by atoms with Gasteiger partial charge >= 0.3 is 5.97 Å². The number of rotatable bonds is 4. The number of carbonyl (C=O) groups is 1. The van der Waals surface area contributed by atoms with Crippen molar-refractivity contribution in [3.8, 4) is 0 Å². The van der Waals surface area contributed by atoms with E-state index in [0.29, 0.717) is 12.5 Å². The van der Waals surface area contributed by atoms with E-state index in [9.17, 15) is 4.79 Å². The number of esters is 1. The van der Waals surface area contributed by atoms with Gasteiger partial charge in [0, 0.05) is 6.04 Å². The number of likely N-dealkylation sites (tertiary alicyclic amines) is 1. The molecule has 0 spiro atoms. The van der Waals surface area contributed by atoms with E-state index in [1.807, 2.05) is 0 Å². The fourth-order valence-electron chi connectivity index (χ4n) is 1.98. The maximum Gasteiger partial charge on any atom is 0.307 e. The van der Waals surface area contributed by atoms with Gasteiger partial charge in [-0.2, -0.15) is 0 Å². The Bertz CT molecular complexity index is 170. The second kappa shape index (κ2) is 5.22. The molecule has 0 aromatic rings. The van der Waals surface area contributed by atoms with Crippen LogP contribution in [0.5, 0.6) is 0 Å². The predicted molar refractivity (Wildman–Crippen MR) is 51.5 cm³/mol. The lowest BCUT2D eigenvalue weighted by Crippen LogP contribution is -2.32. The maximum atomic E-state index is 11.1. The highest BCUT2D eigenvalue weighted by Crippen LogP contribution is 2.20. The van der Waals surface area contributed by atoms with E-state index >= 15 is 0 Å². The summed E-state index contributed by atoms with van der Waals surface area (Å²) in [5, 5.41) is 0. The van der Waals surface area contributed by atoms with Gasteiger partial charge in [0.1, 0.15) is 0 Å². The first kappa shape index (κ1) is 10.5. The summed E-state index contributed by atoms with van der Waals surface area (Å²) in [6.45, 7) is 4.44. The van der Waals surface area contributed by atoms with Crippen LogP contribution in [0.2, 0.25) is 0 Å².